The van der Waals surface area contributed by atoms with Gasteiger partial charge in [-0.15, -0.1) is 11.8 Å². The third-order valence-electron chi connectivity index (χ3n) is 5.08. The molecule has 0 bridgehead atoms. The topological polar surface area (TPSA) is 75.6 Å². The Bertz CT molecular complexity index is 994. The first-order valence-electron chi connectivity index (χ1n) is 10.1. The molecule has 1 aromatic carbocycles. The van der Waals surface area contributed by atoms with Crippen molar-refractivity contribution in [3.8, 4) is 0 Å². The van der Waals surface area contributed by atoms with Gasteiger partial charge in [-0.1, -0.05) is 45.1 Å². The van der Waals surface area contributed by atoms with Gasteiger partial charge in [-0.2, -0.15) is 13.2 Å². The first kappa shape index (κ1) is 25.3. The molecule has 1 amide bonds. The number of thioether (sulfide) groups is 2. The summed E-state index contributed by atoms with van der Waals surface area (Å²) in [6.45, 7) is 5.23. The van der Waals surface area contributed by atoms with E-state index in [-0.39, 0.29) is 40.0 Å². The Balaban J connectivity index is 1.80. The number of rotatable bonds is 7. The van der Waals surface area contributed by atoms with Crippen LogP contribution in [0.15, 0.2) is 64.1 Å². The smallest absolute Gasteiger partial charge is 0.446 e. The highest BCUT2D eigenvalue weighted by Gasteiger charge is 2.37. The van der Waals surface area contributed by atoms with Crippen LogP contribution in [-0.2, 0) is 20.9 Å². The van der Waals surface area contributed by atoms with Crippen LogP contribution < -0.4 is 5.32 Å². The van der Waals surface area contributed by atoms with Crippen molar-refractivity contribution >= 4 is 35.4 Å². The molecule has 1 heterocycles. The second-order valence-electron chi connectivity index (χ2n) is 8.68. The number of carboxylic acids is 1. The summed E-state index contributed by atoms with van der Waals surface area (Å²) in [6.07, 6.45) is 5.44. The number of nitrogens with one attached hydrogen (secondary N) is 1. The lowest BCUT2D eigenvalue weighted by molar-refractivity contribution is -0.144. The number of alkyl halides is 3. The van der Waals surface area contributed by atoms with Gasteiger partial charge in [-0.3, -0.25) is 4.79 Å². The van der Waals surface area contributed by atoms with Crippen LogP contribution in [0.25, 0.3) is 0 Å². The lowest BCUT2D eigenvalue weighted by Gasteiger charge is -2.30. The van der Waals surface area contributed by atoms with Crippen molar-refractivity contribution in [3.63, 3.8) is 0 Å². The SMILES string of the molecule is CC(C)(C)[C@H](NC(=O)C1=C(OCc2ccc(SC(F)(F)F)cc2)C2C=CSC2C=C1)C(=O)O. The molecule has 0 spiro atoms. The third kappa shape index (κ3) is 6.60. The molecule has 33 heavy (non-hydrogen) atoms. The molecule has 0 saturated heterocycles. The van der Waals surface area contributed by atoms with Crippen LogP contribution in [0.2, 0.25) is 0 Å². The summed E-state index contributed by atoms with van der Waals surface area (Å²) in [4.78, 5) is 24.8. The Morgan fingerprint density at radius 3 is 2.42 bits per heavy atom. The molecule has 2 unspecified atom stereocenters. The molecule has 0 radical (unpaired) electrons. The van der Waals surface area contributed by atoms with E-state index < -0.39 is 28.8 Å². The minimum Gasteiger partial charge on any atom is -0.492 e. The summed E-state index contributed by atoms with van der Waals surface area (Å²) < 4.78 is 43.6. The van der Waals surface area contributed by atoms with E-state index in [9.17, 15) is 27.9 Å². The molecule has 3 rings (SSSR count). The molecule has 0 fully saturated rings. The van der Waals surface area contributed by atoms with Crippen LogP contribution in [0.3, 0.4) is 0 Å². The number of ether oxygens (including phenoxy) is 1. The minimum absolute atomic E-state index is 0.0556. The molecular formula is C23H24F3NO4S2. The fraction of sp³-hybridized carbons (Fsp3) is 0.391. The molecule has 2 aliphatic rings. The summed E-state index contributed by atoms with van der Waals surface area (Å²) in [6, 6.07) is 4.73. The second kappa shape index (κ2) is 9.89. The van der Waals surface area contributed by atoms with E-state index >= 15 is 0 Å². The van der Waals surface area contributed by atoms with Gasteiger partial charge in [0.2, 0.25) is 0 Å². The maximum absolute atomic E-state index is 13.0. The lowest BCUT2D eigenvalue weighted by Crippen LogP contribution is -2.49. The molecule has 10 heteroatoms. The highest BCUT2D eigenvalue weighted by atomic mass is 32.2. The van der Waals surface area contributed by atoms with Gasteiger partial charge in [0, 0.05) is 10.1 Å². The molecule has 2 N–H and O–H groups in total. The van der Waals surface area contributed by atoms with Gasteiger partial charge in [0.05, 0.1) is 11.5 Å². The summed E-state index contributed by atoms with van der Waals surface area (Å²) in [5.41, 5.74) is -4.18. The van der Waals surface area contributed by atoms with Gasteiger partial charge in [-0.25, -0.2) is 4.79 Å². The first-order valence-corrected chi connectivity index (χ1v) is 11.9. The number of carboxylic acid groups (broad SMARTS) is 1. The minimum atomic E-state index is -4.36. The standard InChI is InChI=1S/C23H24F3NO4S2/c1-22(2,3)19(21(29)30)27-20(28)16-8-9-17-15(10-11-32-17)18(16)31-12-13-4-6-14(7-5-13)33-23(24,25)26/h4-11,15,17,19H,12H2,1-3H3,(H,27,28)(H,29,30)/t15?,17?,19-/m1/s1. The van der Waals surface area contributed by atoms with E-state index in [1.807, 2.05) is 17.6 Å². The van der Waals surface area contributed by atoms with Crippen LogP contribution in [0.5, 0.6) is 0 Å². The van der Waals surface area contributed by atoms with Gasteiger partial charge in [-0.05, 0) is 46.4 Å². The third-order valence-corrected chi connectivity index (χ3v) is 6.90. The average Bonchev–Trinajstić information content (AvgIpc) is 3.18. The van der Waals surface area contributed by atoms with Crippen LogP contribution in [0.1, 0.15) is 26.3 Å². The van der Waals surface area contributed by atoms with Gasteiger partial charge in [0.1, 0.15) is 18.4 Å². The number of carbonyl (C=O) groups is 2. The summed E-state index contributed by atoms with van der Waals surface area (Å²) in [7, 11) is 0. The summed E-state index contributed by atoms with van der Waals surface area (Å²) in [5.74, 6) is -1.47. The first-order chi connectivity index (χ1) is 15.3. The van der Waals surface area contributed by atoms with Gasteiger partial charge < -0.3 is 15.2 Å². The van der Waals surface area contributed by atoms with Crippen LogP contribution >= 0.6 is 23.5 Å². The van der Waals surface area contributed by atoms with Crippen LogP contribution in [-0.4, -0.2) is 33.8 Å². The zero-order chi connectivity index (χ0) is 24.4. The maximum atomic E-state index is 13.0. The summed E-state index contributed by atoms with van der Waals surface area (Å²) in [5, 5.41) is 14.1. The molecule has 1 aliphatic carbocycles. The number of benzene rings is 1. The number of hydrogen-bond acceptors (Lipinski definition) is 5. The van der Waals surface area contributed by atoms with Crippen molar-refractivity contribution in [2.24, 2.45) is 11.3 Å². The highest BCUT2D eigenvalue weighted by Crippen LogP contribution is 2.41. The molecule has 5 nitrogen and oxygen atoms in total. The van der Waals surface area contributed by atoms with E-state index in [0.29, 0.717) is 11.3 Å². The predicted octanol–water partition coefficient (Wildman–Crippen LogP) is 5.50. The number of carbonyl (C=O) groups excluding carboxylic acids is 1. The van der Waals surface area contributed by atoms with Crippen LogP contribution in [0, 0.1) is 11.3 Å². The van der Waals surface area contributed by atoms with E-state index in [1.165, 1.54) is 12.1 Å². The number of amides is 1. The number of hydrogen-bond donors (Lipinski definition) is 2. The fourth-order valence-electron chi connectivity index (χ4n) is 3.44. The van der Waals surface area contributed by atoms with Gasteiger partial charge in [0.15, 0.2) is 0 Å². The van der Waals surface area contributed by atoms with E-state index in [2.05, 4.69) is 5.32 Å². The zero-order valence-electron chi connectivity index (χ0n) is 18.2. The number of allylic oxidation sites excluding steroid dienone is 1. The Morgan fingerprint density at radius 1 is 1.18 bits per heavy atom. The molecule has 1 aromatic rings. The molecule has 178 valence electrons. The molecule has 0 aromatic heterocycles. The molecule has 1 aliphatic heterocycles. The Morgan fingerprint density at radius 2 is 1.85 bits per heavy atom. The van der Waals surface area contributed by atoms with Crippen LogP contribution in [0.4, 0.5) is 13.2 Å². The largest absolute Gasteiger partial charge is 0.492 e. The van der Waals surface area contributed by atoms with Gasteiger partial charge >= 0.3 is 11.5 Å². The van der Waals surface area contributed by atoms with E-state index in [0.717, 1.165) is 0 Å². The second-order valence-corrected chi connectivity index (χ2v) is 10.9. The normalized spacial score (nSPS) is 21.0. The highest BCUT2D eigenvalue weighted by molar-refractivity contribution is 8.03. The fourth-order valence-corrected chi connectivity index (χ4v) is 4.97. The van der Waals surface area contributed by atoms with Crippen molar-refractivity contribution in [3.05, 3.63) is 64.8 Å². The number of aliphatic carboxylic acids is 1. The molecule has 0 saturated carbocycles. The van der Waals surface area contributed by atoms with E-state index in [4.69, 9.17) is 4.74 Å². The quantitative estimate of drug-likeness (QED) is 0.483. The monoisotopic (exact) mass is 499 g/mol. The van der Waals surface area contributed by atoms with Crippen molar-refractivity contribution in [2.45, 2.75) is 49.1 Å². The molecular weight excluding hydrogens is 475 g/mol. The maximum Gasteiger partial charge on any atom is 0.446 e. The number of halogens is 3. The predicted molar refractivity (Wildman–Crippen MR) is 122 cm³/mol. The van der Waals surface area contributed by atoms with Crippen molar-refractivity contribution in [2.75, 3.05) is 0 Å². The van der Waals surface area contributed by atoms with Gasteiger partial charge in [0.25, 0.3) is 5.91 Å². The van der Waals surface area contributed by atoms with Crippen molar-refractivity contribution in [1.29, 1.82) is 0 Å². The lowest BCUT2D eigenvalue weighted by atomic mass is 9.86. The zero-order valence-corrected chi connectivity index (χ0v) is 19.8. The van der Waals surface area contributed by atoms with Crippen molar-refractivity contribution < 1.29 is 32.6 Å². The Hall–Kier alpha value is -2.33. The summed E-state index contributed by atoms with van der Waals surface area (Å²) >= 11 is 1.39. The Kier molecular flexibility index (Phi) is 7.58. The Labute approximate surface area is 198 Å². The van der Waals surface area contributed by atoms with Crippen molar-refractivity contribution in [1.82, 2.24) is 5.32 Å². The molecule has 3 atom stereocenters. The average molecular weight is 500 g/mol. The number of fused-ring (bicyclic) bond motifs is 1. The van der Waals surface area contributed by atoms with E-state index in [1.54, 1.807) is 50.7 Å².